The van der Waals surface area contributed by atoms with Gasteiger partial charge < -0.3 is 11.1 Å². The van der Waals surface area contributed by atoms with Crippen molar-refractivity contribution in [1.82, 2.24) is 10.3 Å². The first-order valence-corrected chi connectivity index (χ1v) is 6.71. The van der Waals surface area contributed by atoms with Crippen LogP contribution in [0.4, 0.5) is 0 Å². The summed E-state index contributed by atoms with van der Waals surface area (Å²) in [4.78, 5) is 16.1. The Morgan fingerprint density at radius 3 is 2.68 bits per heavy atom. The predicted octanol–water partition coefficient (Wildman–Crippen LogP) is 2.16. The molecule has 0 saturated heterocycles. The highest BCUT2D eigenvalue weighted by atomic mass is 16.1. The van der Waals surface area contributed by atoms with E-state index in [4.69, 9.17) is 5.73 Å². The molecule has 3 N–H and O–H groups in total. The number of aromatic nitrogens is 1. The van der Waals surface area contributed by atoms with E-state index in [2.05, 4.69) is 31.1 Å². The third-order valence-corrected chi connectivity index (χ3v) is 2.73. The zero-order valence-electron chi connectivity index (χ0n) is 12.4. The molecule has 0 aliphatic carbocycles. The molecule has 1 heterocycles. The number of pyridine rings is 1. The van der Waals surface area contributed by atoms with Gasteiger partial charge in [0.05, 0.1) is 12.2 Å². The molecule has 1 aromatic heterocycles. The van der Waals surface area contributed by atoms with Crippen LogP contribution >= 0.6 is 0 Å². The second kappa shape index (κ2) is 6.66. The minimum absolute atomic E-state index is 0.0138. The van der Waals surface area contributed by atoms with Gasteiger partial charge in [0, 0.05) is 18.2 Å². The molecule has 4 heteroatoms. The largest absolute Gasteiger partial charge is 0.350 e. The highest BCUT2D eigenvalue weighted by molar-refractivity contribution is 5.76. The molecule has 0 saturated carbocycles. The van der Waals surface area contributed by atoms with Gasteiger partial charge in [-0.2, -0.15) is 0 Å². The molecule has 0 aromatic carbocycles. The van der Waals surface area contributed by atoms with Crippen LogP contribution in [-0.4, -0.2) is 16.9 Å². The van der Waals surface area contributed by atoms with Crippen LogP contribution in [0, 0.1) is 12.3 Å². The van der Waals surface area contributed by atoms with E-state index in [1.54, 1.807) is 0 Å². The molecule has 1 rings (SSSR count). The Labute approximate surface area is 115 Å². The van der Waals surface area contributed by atoms with Crippen molar-refractivity contribution in [3.63, 3.8) is 0 Å². The summed E-state index contributed by atoms with van der Waals surface area (Å²) in [6, 6.07) is 5.69. The molecule has 106 valence electrons. The number of hydrogen-bond acceptors (Lipinski definition) is 3. The quantitative estimate of drug-likeness (QED) is 0.855. The standard InChI is InChI=1S/C15H25N3O/c1-11-6-5-7-13(18-11)10-17-14(19)8-12(16)9-15(2,3)4/h5-7,12H,8-10,16H2,1-4H3,(H,17,19). The van der Waals surface area contributed by atoms with Crippen LogP contribution in [0.3, 0.4) is 0 Å². The lowest BCUT2D eigenvalue weighted by atomic mass is 9.87. The third kappa shape index (κ3) is 6.91. The van der Waals surface area contributed by atoms with Crippen molar-refractivity contribution in [2.45, 2.75) is 53.1 Å². The van der Waals surface area contributed by atoms with E-state index in [-0.39, 0.29) is 17.4 Å². The van der Waals surface area contributed by atoms with E-state index in [0.717, 1.165) is 17.8 Å². The second-order valence-corrected chi connectivity index (χ2v) is 6.28. The summed E-state index contributed by atoms with van der Waals surface area (Å²) >= 11 is 0. The van der Waals surface area contributed by atoms with Crippen LogP contribution < -0.4 is 11.1 Å². The smallest absolute Gasteiger partial charge is 0.221 e. The van der Waals surface area contributed by atoms with Crippen molar-refractivity contribution >= 4 is 5.91 Å². The van der Waals surface area contributed by atoms with E-state index in [9.17, 15) is 4.79 Å². The van der Waals surface area contributed by atoms with Gasteiger partial charge in [0.2, 0.25) is 5.91 Å². The summed E-state index contributed by atoms with van der Waals surface area (Å²) < 4.78 is 0. The monoisotopic (exact) mass is 263 g/mol. The van der Waals surface area contributed by atoms with Crippen molar-refractivity contribution in [2.24, 2.45) is 11.1 Å². The van der Waals surface area contributed by atoms with Crippen molar-refractivity contribution < 1.29 is 4.79 Å². The molecule has 1 amide bonds. The van der Waals surface area contributed by atoms with Crippen molar-refractivity contribution in [3.8, 4) is 0 Å². The minimum Gasteiger partial charge on any atom is -0.350 e. The molecule has 4 nitrogen and oxygen atoms in total. The summed E-state index contributed by atoms with van der Waals surface area (Å²) in [7, 11) is 0. The maximum Gasteiger partial charge on any atom is 0.221 e. The Morgan fingerprint density at radius 1 is 1.42 bits per heavy atom. The van der Waals surface area contributed by atoms with Gasteiger partial charge in [-0.05, 0) is 30.9 Å². The topological polar surface area (TPSA) is 68.0 Å². The SMILES string of the molecule is Cc1cccc(CNC(=O)CC(N)CC(C)(C)C)n1. The van der Waals surface area contributed by atoms with Gasteiger partial charge in [0.1, 0.15) is 0 Å². The number of amides is 1. The lowest BCUT2D eigenvalue weighted by Crippen LogP contribution is -2.34. The second-order valence-electron chi connectivity index (χ2n) is 6.28. The van der Waals surface area contributed by atoms with Gasteiger partial charge in [-0.1, -0.05) is 26.8 Å². The molecule has 1 aromatic rings. The summed E-state index contributed by atoms with van der Waals surface area (Å²) in [5, 5.41) is 2.86. The molecule has 0 radical (unpaired) electrons. The molecule has 19 heavy (non-hydrogen) atoms. The number of nitrogens with one attached hydrogen (secondary N) is 1. The molecule has 1 unspecified atom stereocenters. The summed E-state index contributed by atoms with van der Waals surface area (Å²) in [6.45, 7) is 8.78. The average molecular weight is 263 g/mol. The summed E-state index contributed by atoms with van der Waals surface area (Å²) in [5.41, 5.74) is 7.96. The van der Waals surface area contributed by atoms with Gasteiger partial charge in [0.25, 0.3) is 0 Å². The maximum atomic E-state index is 11.8. The van der Waals surface area contributed by atoms with E-state index in [1.165, 1.54) is 0 Å². The van der Waals surface area contributed by atoms with Gasteiger partial charge in [-0.3, -0.25) is 9.78 Å². The van der Waals surface area contributed by atoms with Gasteiger partial charge >= 0.3 is 0 Å². The van der Waals surface area contributed by atoms with Crippen LogP contribution in [0.25, 0.3) is 0 Å². The summed E-state index contributed by atoms with van der Waals surface area (Å²) in [5.74, 6) is -0.0138. The number of nitrogens with zero attached hydrogens (tertiary/aromatic N) is 1. The first kappa shape index (κ1) is 15.6. The molecule has 0 fully saturated rings. The average Bonchev–Trinajstić information content (AvgIpc) is 2.23. The van der Waals surface area contributed by atoms with Crippen molar-refractivity contribution in [3.05, 3.63) is 29.6 Å². The summed E-state index contributed by atoms with van der Waals surface area (Å²) in [6.07, 6.45) is 1.20. The van der Waals surface area contributed by atoms with Crippen LogP contribution in [0.1, 0.15) is 45.0 Å². The zero-order chi connectivity index (χ0) is 14.5. The fourth-order valence-electron chi connectivity index (χ4n) is 2.06. The fraction of sp³-hybridized carbons (Fsp3) is 0.600. The normalized spacial score (nSPS) is 13.1. The van der Waals surface area contributed by atoms with Crippen LogP contribution in [0.2, 0.25) is 0 Å². The van der Waals surface area contributed by atoms with E-state index in [1.807, 2.05) is 25.1 Å². The van der Waals surface area contributed by atoms with Crippen molar-refractivity contribution in [1.29, 1.82) is 0 Å². The number of nitrogens with two attached hydrogens (primary N) is 1. The molecule has 0 aliphatic heterocycles. The van der Waals surface area contributed by atoms with Crippen LogP contribution in [0.15, 0.2) is 18.2 Å². The number of hydrogen-bond donors (Lipinski definition) is 2. The van der Waals surface area contributed by atoms with E-state index >= 15 is 0 Å². The van der Waals surface area contributed by atoms with Crippen LogP contribution in [0.5, 0.6) is 0 Å². The molecular formula is C15H25N3O. The van der Waals surface area contributed by atoms with Crippen molar-refractivity contribution in [2.75, 3.05) is 0 Å². The Balaban J connectivity index is 2.36. The first-order chi connectivity index (χ1) is 8.76. The minimum atomic E-state index is -0.0922. The Hall–Kier alpha value is -1.42. The Morgan fingerprint density at radius 2 is 2.11 bits per heavy atom. The van der Waals surface area contributed by atoms with Gasteiger partial charge in [-0.15, -0.1) is 0 Å². The Kier molecular flexibility index (Phi) is 5.48. The number of aryl methyl sites for hydroxylation is 1. The lowest BCUT2D eigenvalue weighted by molar-refractivity contribution is -0.121. The lowest BCUT2D eigenvalue weighted by Gasteiger charge is -2.22. The Bertz CT molecular complexity index is 424. The molecule has 0 bridgehead atoms. The van der Waals surface area contributed by atoms with Crippen LogP contribution in [-0.2, 0) is 11.3 Å². The van der Waals surface area contributed by atoms with E-state index < -0.39 is 0 Å². The van der Waals surface area contributed by atoms with Gasteiger partial charge in [0.15, 0.2) is 0 Å². The fourth-order valence-corrected chi connectivity index (χ4v) is 2.06. The first-order valence-electron chi connectivity index (χ1n) is 6.71. The highest BCUT2D eigenvalue weighted by Gasteiger charge is 2.17. The highest BCUT2D eigenvalue weighted by Crippen LogP contribution is 2.20. The number of rotatable bonds is 5. The number of carbonyl (C=O) groups excluding carboxylic acids is 1. The molecule has 0 spiro atoms. The molecular weight excluding hydrogens is 238 g/mol. The predicted molar refractivity (Wildman–Crippen MR) is 77.5 cm³/mol. The molecule has 0 aliphatic rings. The zero-order valence-corrected chi connectivity index (χ0v) is 12.4. The van der Waals surface area contributed by atoms with Gasteiger partial charge in [-0.25, -0.2) is 0 Å². The third-order valence-electron chi connectivity index (χ3n) is 2.73. The van der Waals surface area contributed by atoms with E-state index in [0.29, 0.717) is 13.0 Å². The molecule has 1 atom stereocenters. The maximum absolute atomic E-state index is 11.8. The number of carbonyl (C=O) groups is 1.